The number of aliphatic hydroxyl groups is 1. The Morgan fingerprint density at radius 3 is 2.77 bits per heavy atom. The topological polar surface area (TPSA) is 58.6 Å². The van der Waals surface area contributed by atoms with Gasteiger partial charge in [-0.3, -0.25) is 4.21 Å². The molecular formula is C8H19NO3S. The maximum Gasteiger partial charge on any atom is 0.0577 e. The quantitative estimate of drug-likeness (QED) is 0.558. The maximum atomic E-state index is 11.4. The molecule has 0 aromatic heterocycles. The summed E-state index contributed by atoms with van der Waals surface area (Å²) in [6.07, 6.45) is 0.648. The van der Waals surface area contributed by atoms with Crippen LogP contribution in [0.4, 0.5) is 0 Å². The van der Waals surface area contributed by atoms with Crippen LogP contribution in [0.1, 0.15) is 6.42 Å². The van der Waals surface area contributed by atoms with E-state index in [2.05, 4.69) is 5.32 Å². The highest BCUT2D eigenvalue weighted by Gasteiger charge is 2.09. The number of hydrogen-bond donors (Lipinski definition) is 2. The Morgan fingerprint density at radius 2 is 2.31 bits per heavy atom. The van der Waals surface area contributed by atoms with Crippen molar-refractivity contribution in [1.82, 2.24) is 5.32 Å². The Balaban J connectivity index is 3.60. The molecule has 13 heavy (non-hydrogen) atoms. The zero-order valence-electron chi connectivity index (χ0n) is 8.28. The average Bonchev–Trinajstić information content (AvgIpc) is 2.14. The predicted molar refractivity (Wildman–Crippen MR) is 54.3 cm³/mol. The lowest BCUT2D eigenvalue weighted by molar-refractivity contribution is 0.218. The van der Waals surface area contributed by atoms with Crippen LogP contribution >= 0.6 is 0 Å². The zero-order valence-corrected chi connectivity index (χ0v) is 9.10. The van der Waals surface area contributed by atoms with E-state index in [1.165, 1.54) is 0 Å². The molecule has 0 radical (unpaired) electrons. The van der Waals surface area contributed by atoms with Crippen molar-refractivity contribution < 1.29 is 14.1 Å². The fourth-order valence-corrected chi connectivity index (χ4v) is 2.25. The van der Waals surface area contributed by atoms with Crippen molar-refractivity contribution in [2.24, 2.45) is 0 Å². The Labute approximate surface area is 82.1 Å². The summed E-state index contributed by atoms with van der Waals surface area (Å²) in [6.45, 7) is 0.662. The van der Waals surface area contributed by atoms with Crippen LogP contribution in [0, 0.1) is 0 Å². The Bertz CT molecular complexity index is 143. The summed E-state index contributed by atoms with van der Waals surface area (Å²) in [4.78, 5) is 0. The van der Waals surface area contributed by atoms with E-state index in [1.807, 2.05) is 7.05 Å². The van der Waals surface area contributed by atoms with Crippen molar-refractivity contribution in [2.45, 2.75) is 12.5 Å². The standard InChI is InChI=1S/C8H19NO3S/c1-9-8(3-4-10)7-13(11)6-5-12-2/h8-10H,3-7H2,1-2H3. The van der Waals surface area contributed by atoms with Crippen LogP contribution < -0.4 is 5.32 Å². The van der Waals surface area contributed by atoms with Crippen LogP contribution in [0.2, 0.25) is 0 Å². The monoisotopic (exact) mass is 209 g/mol. The average molecular weight is 209 g/mol. The molecule has 0 spiro atoms. The highest BCUT2D eigenvalue weighted by molar-refractivity contribution is 7.85. The molecule has 0 aromatic rings. The predicted octanol–water partition coefficient (Wildman–Crippen LogP) is -0.648. The molecule has 0 fully saturated rings. The van der Waals surface area contributed by atoms with Gasteiger partial charge in [0.15, 0.2) is 0 Å². The molecule has 0 aliphatic carbocycles. The first-order valence-corrected chi connectivity index (χ1v) is 5.85. The second kappa shape index (κ2) is 8.62. The molecule has 80 valence electrons. The van der Waals surface area contributed by atoms with Gasteiger partial charge in [0, 0.05) is 42.1 Å². The number of aliphatic hydroxyl groups excluding tert-OH is 1. The van der Waals surface area contributed by atoms with Gasteiger partial charge in [-0.15, -0.1) is 0 Å². The zero-order chi connectivity index (χ0) is 10.1. The van der Waals surface area contributed by atoms with Crippen LogP contribution in [-0.4, -0.2) is 54.2 Å². The second-order valence-electron chi connectivity index (χ2n) is 2.80. The molecule has 0 amide bonds. The van der Waals surface area contributed by atoms with E-state index in [-0.39, 0.29) is 12.6 Å². The van der Waals surface area contributed by atoms with Gasteiger partial charge in [-0.2, -0.15) is 0 Å². The third-order valence-electron chi connectivity index (χ3n) is 1.79. The maximum absolute atomic E-state index is 11.4. The summed E-state index contributed by atoms with van der Waals surface area (Å²) in [5.74, 6) is 1.15. The Hall–Kier alpha value is 0.0300. The van der Waals surface area contributed by atoms with E-state index in [0.717, 1.165) is 0 Å². The minimum atomic E-state index is -0.850. The first-order chi connectivity index (χ1) is 6.24. The van der Waals surface area contributed by atoms with Gasteiger partial charge < -0.3 is 15.2 Å². The molecule has 0 saturated carbocycles. The highest BCUT2D eigenvalue weighted by Crippen LogP contribution is 1.94. The van der Waals surface area contributed by atoms with Crippen molar-refractivity contribution >= 4 is 10.8 Å². The van der Waals surface area contributed by atoms with Crippen molar-refractivity contribution in [3.63, 3.8) is 0 Å². The fourth-order valence-electron chi connectivity index (χ4n) is 0.951. The van der Waals surface area contributed by atoms with E-state index >= 15 is 0 Å². The summed E-state index contributed by atoms with van der Waals surface area (Å²) < 4.78 is 16.2. The first-order valence-electron chi connectivity index (χ1n) is 4.36. The van der Waals surface area contributed by atoms with Crippen molar-refractivity contribution in [1.29, 1.82) is 0 Å². The molecular weight excluding hydrogens is 190 g/mol. The molecule has 0 rings (SSSR count). The summed E-state index contributed by atoms with van der Waals surface area (Å²) in [5, 5.41) is 11.7. The highest BCUT2D eigenvalue weighted by atomic mass is 32.2. The lowest BCUT2D eigenvalue weighted by Gasteiger charge is -2.13. The molecule has 5 heteroatoms. The number of ether oxygens (including phenoxy) is 1. The molecule has 2 atom stereocenters. The number of nitrogens with one attached hydrogen (secondary N) is 1. The normalized spacial score (nSPS) is 15.6. The van der Waals surface area contributed by atoms with Gasteiger partial charge in [-0.05, 0) is 13.5 Å². The van der Waals surface area contributed by atoms with Gasteiger partial charge in [0.2, 0.25) is 0 Å². The van der Waals surface area contributed by atoms with Gasteiger partial charge in [-0.25, -0.2) is 0 Å². The Morgan fingerprint density at radius 1 is 1.62 bits per heavy atom. The van der Waals surface area contributed by atoms with Crippen LogP contribution in [0.15, 0.2) is 0 Å². The van der Waals surface area contributed by atoms with E-state index in [1.54, 1.807) is 7.11 Å². The smallest absolute Gasteiger partial charge is 0.0577 e. The summed E-state index contributed by atoms with van der Waals surface area (Å²) in [6, 6.07) is 0.141. The number of methoxy groups -OCH3 is 1. The van der Waals surface area contributed by atoms with Crippen molar-refractivity contribution in [3.8, 4) is 0 Å². The molecule has 0 aromatic carbocycles. The number of rotatable bonds is 8. The van der Waals surface area contributed by atoms with Gasteiger partial charge >= 0.3 is 0 Å². The first kappa shape index (κ1) is 13.0. The minimum Gasteiger partial charge on any atom is -0.396 e. The lowest BCUT2D eigenvalue weighted by atomic mass is 10.2. The SMILES string of the molecule is CNC(CCO)CS(=O)CCOC. The number of hydrogen-bond acceptors (Lipinski definition) is 4. The molecule has 2 unspecified atom stereocenters. The van der Waals surface area contributed by atoms with Crippen LogP contribution in [-0.2, 0) is 15.5 Å². The van der Waals surface area contributed by atoms with Crippen LogP contribution in [0.3, 0.4) is 0 Å². The largest absolute Gasteiger partial charge is 0.396 e. The van der Waals surface area contributed by atoms with Crippen LogP contribution in [0.25, 0.3) is 0 Å². The summed E-state index contributed by atoms with van der Waals surface area (Å²) >= 11 is 0. The third kappa shape index (κ3) is 7.13. The molecule has 0 aliphatic heterocycles. The van der Waals surface area contributed by atoms with Crippen LogP contribution in [0.5, 0.6) is 0 Å². The van der Waals surface area contributed by atoms with Crippen molar-refractivity contribution in [2.75, 3.05) is 38.9 Å². The molecule has 0 bridgehead atoms. The molecule has 0 aliphatic rings. The summed E-state index contributed by atoms with van der Waals surface area (Å²) in [5.41, 5.74) is 0. The molecule has 2 N–H and O–H groups in total. The van der Waals surface area contributed by atoms with Gasteiger partial charge in [-0.1, -0.05) is 0 Å². The van der Waals surface area contributed by atoms with E-state index in [4.69, 9.17) is 9.84 Å². The van der Waals surface area contributed by atoms with Gasteiger partial charge in [0.1, 0.15) is 0 Å². The fraction of sp³-hybridized carbons (Fsp3) is 1.00. The molecule has 0 saturated heterocycles. The molecule has 0 heterocycles. The molecule has 4 nitrogen and oxygen atoms in total. The van der Waals surface area contributed by atoms with E-state index in [9.17, 15) is 4.21 Å². The summed E-state index contributed by atoms with van der Waals surface area (Å²) in [7, 11) is 2.56. The van der Waals surface area contributed by atoms with Crippen molar-refractivity contribution in [3.05, 3.63) is 0 Å². The van der Waals surface area contributed by atoms with E-state index < -0.39 is 10.8 Å². The lowest BCUT2D eigenvalue weighted by Crippen LogP contribution is -2.33. The minimum absolute atomic E-state index is 0.132. The van der Waals surface area contributed by atoms with E-state index in [0.29, 0.717) is 24.5 Å². The third-order valence-corrected chi connectivity index (χ3v) is 3.18. The van der Waals surface area contributed by atoms with Gasteiger partial charge in [0.25, 0.3) is 0 Å². The Kier molecular flexibility index (Phi) is 8.64. The van der Waals surface area contributed by atoms with Gasteiger partial charge in [0.05, 0.1) is 6.61 Å². The second-order valence-corrected chi connectivity index (χ2v) is 4.42.